The minimum Gasteiger partial charge on any atom is -0.469 e. The summed E-state index contributed by atoms with van der Waals surface area (Å²) in [6.45, 7) is 0. The molecule has 1 aromatic rings. The highest BCUT2D eigenvalue weighted by Gasteiger charge is 2.02. The fraction of sp³-hybridized carbons (Fsp3) is 0.333. The standard InChI is InChI=1S/C6H7NO3/c1-9-6(8)2-5-3-7-10-4-5/h3-4H,2H2,1H3. The molecule has 0 saturated heterocycles. The van der Waals surface area contributed by atoms with Crippen molar-refractivity contribution in [3.8, 4) is 0 Å². The molecule has 10 heavy (non-hydrogen) atoms. The SMILES string of the molecule is COC(=O)Cc1cnoc1. The molecule has 0 aliphatic heterocycles. The number of rotatable bonds is 2. The van der Waals surface area contributed by atoms with E-state index in [1.54, 1.807) is 0 Å². The van der Waals surface area contributed by atoms with Gasteiger partial charge in [0.1, 0.15) is 6.26 Å². The van der Waals surface area contributed by atoms with E-state index in [4.69, 9.17) is 0 Å². The van der Waals surface area contributed by atoms with Crippen LogP contribution in [0.3, 0.4) is 0 Å². The second-order valence-electron chi connectivity index (χ2n) is 1.79. The Kier molecular flexibility index (Phi) is 2.04. The Hall–Kier alpha value is -1.32. The van der Waals surface area contributed by atoms with Gasteiger partial charge in [-0.25, -0.2) is 0 Å². The fourth-order valence-corrected chi connectivity index (χ4v) is 0.553. The number of hydrogen-bond acceptors (Lipinski definition) is 4. The summed E-state index contributed by atoms with van der Waals surface area (Å²) in [6, 6.07) is 0. The smallest absolute Gasteiger partial charge is 0.310 e. The number of ether oxygens (including phenoxy) is 1. The highest BCUT2D eigenvalue weighted by Crippen LogP contribution is 1.97. The number of esters is 1. The molecule has 0 atom stereocenters. The molecule has 1 heterocycles. The molecule has 0 unspecified atom stereocenters. The first-order chi connectivity index (χ1) is 4.83. The molecule has 0 aliphatic carbocycles. The first-order valence-electron chi connectivity index (χ1n) is 2.78. The number of nitrogens with zero attached hydrogens (tertiary/aromatic N) is 1. The van der Waals surface area contributed by atoms with Crippen molar-refractivity contribution in [1.29, 1.82) is 0 Å². The molecule has 0 amide bonds. The van der Waals surface area contributed by atoms with Gasteiger partial charge < -0.3 is 9.26 Å². The third-order valence-electron chi connectivity index (χ3n) is 1.06. The summed E-state index contributed by atoms with van der Waals surface area (Å²) >= 11 is 0. The van der Waals surface area contributed by atoms with E-state index in [-0.39, 0.29) is 12.4 Å². The molecule has 4 heteroatoms. The van der Waals surface area contributed by atoms with E-state index >= 15 is 0 Å². The zero-order valence-electron chi connectivity index (χ0n) is 5.53. The summed E-state index contributed by atoms with van der Waals surface area (Å²) in [5.74, 6) is -0.289. The van der Waals surface area contributed by atoms with Gasteiger partial charge in [0, 0.05) is 5.56 Å². The first kappa shape index (κ1) is 6.80. The molecule has 4 nitrogen and oxygen atoms in total. The minimum absolute atomic E-state index is 0.222. The van der Waals surface area contributed by atoms with Crippen LogP contribution in [-0.4, -0.2) is 18.2 Å². The fourth-order valence-electron chi connectivity index (χ4n) is 0.553. The minimum atomic E-state index is -0.289. The zero-order chi connectivity index (χ0) is 7.40. The number of methoxy groups -OCH3 is 1. The van der Waals surface area contributed by atoms with Gasteiger partial charge in [-0.05, 0) is 0 Å². The van der Waals surface area contributed by atoms with Crippen LogP contribution in [0.25, 0.3) is 0 Å². The molecule has 54 valence electrons. The predicted molar refractivity (Wildman–Crippen MR) is 32.2 cm³/mol. The molecular weight excluding hydrogens is 134 g/mol. The Balaban J connectivity index is 2.48. The third kappa shape index (κ3) is 1.58. The lowest BCUT2D eigenvalue weighted by Crippen LogP contribution is -2.03. The molecular formula is C6H7NO3. The number of carbonyl (C=O) groups excluding carboxylic acids is 1. The van der Waals surface area contributed by atoms with Crippen LogP contribution in [0.5, 0.6) is 0 Å². The van der Waals surface area contributed by atoms with Crippen LogP contribution in [-0.2, 0) is 16.0 Å². The monoisotopic (exact) mass is 141 g/mol. The highest BCUT2D eigenvalue weighted by molar-refractivity contribution is 5.71. The van der Waals surface area contributed by atoms with Gasteiger partial charge in [-0.2, -0.15) is 0 Å². The molecule has 1 aromatic heterocycles. The van der Waals surface area contributed by atoms with Crippen LogP contribution >= 0.6 is 0 Å². The lowest BCUT2D eigenvalue weighted by atomic mass is 10.3. The van der Waals surface area contributed by atoms with Gasteiger partial charge in [0.25, 0.3) is 0 Å². The average Bonchev–Trinajstić information content (AvgIpc) is 2.40. The van der Waals surface area contributed by atoms with Crippen molar-refractivity contribution < 1.29 is 14.1 Å². The van der Waals surface area contributed by atoms with Gasteiger partial charge in [0.15, 0.2) is 0 Å². The molecule has 1 rings (SSSR count). The summed E-state index contributed by atoms with van der Waals surface area (Å²) in [5, 5.41) is 3.43. The summed E-state index contributed by atoms with van der Waals surface area (Å²) in [5.41, 5.74) is 0.729. The van der Waals surface area contributed by atoms with Crippen LogP contribution in [0.1, 0.15) is 5.56 Å². The van der Waals surface area contributed by atoms with Crippen LogP contribution in [0.2, 0.25) is 0 Å². The molecule has 0 fully saturated rings. The van der Waals surface area contributed by atoms with Crippen molar-refractivity contribution in [2.75, 3.05) is 7.11 Å². The van der Waals surface area contributed by atoms with E-state index in [2.05, 4.69) is 14.4 Å². The van der Waals surface area contributed by atoms with Crippen LogP contribution in [0.15, 0.2) is 17.0 Å². The predicted octanol–water partition coefficient (Wildman–Crippen LogP) is 0.390. The van der Waals surface area contributed by atoms with Crippen molar-refractivity contribution in [2.24, 2.45) is 0 Å². The lowest BCUT2D eigenvalue weighted by Gasteiger charge is -1.92. The maximum Gasteiger partial charge on any atom is 0.310 e. The Morgan fingerprint density at radius 3 is 3.20 bits per heavy atom. The van der Waals surface area contributed by atoms with Crippen molar-refractivity contribution in [2.45, 2.75) is 6.42 Å². The van der Waals surface area contributed by atoms with Crippen LogP contribution < -0.4 is 0 Å². The number of hydrogen-bond donors (Lipinski definition) is 0. The van der Waals surface area contributed by atoms with Gasteiger partial charge in [0.2, 0.25) is 0 Å². The largest absolute Gasteiger partial charge is 0.469 e. The highest BCUT2D eigenvalue weighted by atomic mass is 16.5. The lowest BCUT2D eigenvalue weighted by molar-refractivity contribution is -0.139. The van der Waals surface area contributed by atoms with E-state index in [1.807, 2.05) is 0 Å². The molecule has 0 radical (unpaired) electrons. The Labute approximate surface area is 57.8 Å². The summed E-state index contributed by atoms with van der Waals surface area (Å²) in [7, 11) is 1.34. The van der Waals surface area contributed by atoms with Crippen LogP contribution in [0.4, 0.5) is 0 Å². The number of carbonyl (C=O) groups is 1. The molecule has 0 aliphatic rings. The van der Waals surface area contributed by atoms with Gasteiger partial charge in [-0.15, -0.1) is 0 Å². The van der Waals surface area contributed by atoms with E-state index in [0.717, 1.165) is 5.56 Å². The molecule has 0 spiro atoms. The summed E-state index contributed by atoms with van der Waals surface area (Å²) in [4.78, 5) is 10.6. The van der Waals surface area contributed by atoms with Crippen molar-refractivity contribution >= 4 is 5.97 Å². The second-order valence-corrected chi connectivity index (χ2v) is 1.79. The Morgan fingerprint density at radius 2 is 2.70 bits per heavy atom. The van der Waals surface area contributed by atoms with E-state index in [9.17, 15) is 4.79 Å². The van der Waals surface area contributed by atoms with Crippen molar-refractivity contribution in [3.63, 3.8) is 0 Å². The first-order valence-corrected chi connectivity index (χ1v) is 2.78. The third-order valence-corrected chi connectivity index (χ3v) is 1.06. The van der Waals surface area contributed by atoms with Gasteiger partial charge >= 0.3 is 5.97 Å². The topological polar surface area (TPSA) is 52.3 Å². The van der Waals surface area contributed by atoms with E-state index in [0.29, 0.717) is 0 Å². The maximum absolute atomic E-state index is 10.6. The quantitative estimate of drug-likeness (QED) is 0.559. The molecule has 0 saturated carbocycles. The zero-order valence-corrected chi connectivity index (χ0v) is 5.53. The molecule has 0 N–H and O–H groups in total. The maximum atomic E-state index is 10.6. The Bertz CT molecular complexity index is 205. The van der Waals surface area contributed by atoms with Gasteiger partial charge in [-0.1, -0.05) is 5.16 Å². The van der Waals surface area contributed by atoms with Gasteiger partial charge in [0.05, 0.1) is 19.7 Å². The van der Waals surface area contributed by atoms with E-state index in [1.165, 1.54) is 19.6 Å². The summed E-state index contributed by atoms with van der Waals surface area (Å²) < 4.78 is 8.92. The van der Waals surface area contributed by atoms with Crippen molar-refractivity contribution in [1.82, 2.24) is 5.16 Å². The van der Waals surface area contributed by atoms with E-state index < -0.39 is 0 Å². The second kappa shape index (κ2) is 3.00. The van der Waals surface area contributed by atoms with Gasteiger partial charge in [-0.3, -0.25) is 4.79 Å². The van der Waals surface area contributed by atoms with Crippen LogP contribution in [0, 0.1) is 0 Å². The normalized spacial score (nSPS) is 9.30. The van der Waals surface area contributed by atoms with Crippen molar-refractivity contribution in [3.05, 3.63) is 18.0 Å². The summed E-state index contributed by atoms with van der Waals surface area (Å²) in [6.07, 6.45) is 3.12. The molecule has 0 aromatic carbocycles. The molecule has 0 bridgehead atoms. The number of aromatic nitrogens is 1. The Morgan fingerprint density at radius 1 is 1.90 bits per heavy atom. The average molecular weight is 141 g/mol.